The number of aliphatic hydroxyl groups is 2. The van der Waals surface area contributed by atoms with Gasteiger partial charge in [0.05, 0.1) is 13.2 Å². The van der Waals surface area contributed by atoms with Gasteiger partial charge in [0.15, 0.2) is 5.96 Å². The Bertz CT molecular complexity index is 610. The Balaban J connectivity index is 5.12. The summed E-state index contributed by atoms with van der Waals surface area (Å²) in [6.07, 6.45) is 0.328. The molecule has 3 amide bonds. The summed E-state index contributed by atoms with van der Waals surface area (Å²) in [4.78, 5) is 51.0. The zero-order chi connectivity index (χ0) is 22.6. The lowest BCUT2D eigenvalue weighted by molar-refractivity contribution is -0.142. The summed E-state index contributed by atoms with van der Waals surface area (Å²) in [7, 11) is 0. The third kappa shape index (κ3) is 10.2. The monoisotopic (exact) mass is 419 g/mol. The molecule has 0 radical (unpaired) electrons. The molecule has 0 aromatic rings. The Kier molecular flexibility index (Phi) is 11.9. The van der Waals surface area contributed by atoms with Crippen LogP contribution < -0.4 is 33.2 Å². The number of carbonyl (C=O) groups excluding carboxylic acids is 3. The van der Waals surface area contributed by atoms with Crippen LogP contribution in [0.1, 0.15) is 19.8 Å². The van der Waals surface area contributed by atoms with Crippen LogP contribution in [0.15, 0.2) is 4.99 Å². The largest absolute Gasteiger partial charge is 0.480 e. The predicted molar refractivity (Wildman–Crippen MR) is 101 cm³/mol. The van der Waals surface area contributed by atoms with E-state index in [9.17, 15) is 24.3 Å². The maximum Gasteiger partial charge on any atom is 0.325 e. The van der Waals surface area contributed by atoms with Crippen LogP contribution in [0.5, 0.6) is 0 Å². The molecular weight excluding hydrogens is 390 g/mol. The summed E-state index contributed by atoms with van der Waals surface area (Å²) in [6.45, 7) is -0.0921. The average molecular weight is 419 g/mol. The summed E-state index contributed by atoms with van der Waals surface area (Å²) in [6, 6.07) is -5.14. The summed E-state index contributed by atoms with van der Waals surface area (Å²) in [5.41, 5.74) is 15.8. The van der Waals surface area contributed by atoms with E-state index >= 15 is 0 Å². The van der Waals surface area contributed by atoms with E-state index in [0.29, 0.717) is 0 Å². The highest BCUT2D eigenvalue weighted by Crippen LogP contribution is 2.01. The van der Waals surface area contributed by atoms with E-state index in [2.05, 4.69) is 20.9 Å². The van der Waals surface area contributed by atoms with Gasteiger partial charge in [-0.2, -0.15) is 0 Å². The van der Waals surface area contributed by atoms with Crippen molar-refractivity contribution in [2.24, 2.45) is 22.2 Å². The van der Waals surface area contributed by atoms with Gasteiger partial charge in [-0.3, -0.25) is 24.2 Å². The minimum absolute atomic E-state index is 0.0534. The van der Waals surface area contributed by atoms with Crippen LogP contribution in [-0.4, -0.2) is 88.9 Å². The first-order valence-corrected chi connectivity index (χ1v) is 8.70. The van der Waals surface area contributed by atoms with Crippen LogP contribution >= 0.6 is 0 Å². The van der Waals surface area contributed by atoms with E-state index in [0.717, 1.165) is 0 Å². The van der Waals surface area contributed by atoms with Gasteiger partial charge in [-0.1, -0.05) is 0 Å². The number of aliphatic carboxylic acids is 1. The van der Waals surface area contributed by atoms with Crippen molar-refractivity contribution >= 4 is 29.7 Å². The molecule has 0 rings (SSSR count). The average Bonchev–Trinajstić information content (AvgIpc) is 2.66. The van der Waals surface area contributed by atoms with Gasteiger partial charge in [-0.15, -0.1) is 0 Å². The number of rotatable bonds is 13. The Morgan fingerprint density at radius 3 is 1.97 bits per heavy atom. The van der Waals surface area contributed by atoms with Gasteiger partial charge in [0.25, 0.3) is 0 Å². The molecule has 0 saturated carbocycles. The molecular formula is C15H29N7O7. The quantitative estimate of drug-likeness (QED) is 0.0779. The van der Waals surface area contributed by atoms with Gasteiger partial charge >= 0.3 is 5.97 Å². The fourth-order valence-corrected chi connectivity index (χ4v) is 1.98. The first-order valence-electron chi connectivity index (χ1n) is 8.70. The highest BCUT2D eigenvalue weighted by molar-refractivity contribution is 5.94. The molecule has 0 aliphatic heterocycles. The standard InChI is InChI=1S/C15H29N7O7/c1-7(14(28)29)20-13(27)10(6-24)22-12(26)9(3-2-4-19-15(17)18)21-11(25)8(16)5-23/h7-10,23-24H,2-6,16H2,1H3,(H,20,27)(H,21,25)(H,22,26)(H,28,29)(H4,17,18,19). The van der Waals surface area contributed by atoms with Gasteiger partial charge in [0, 0.05) is 6.54 Å². The Hall–Kier alpha value is -2.97. The number of nitrogens with zero attached hydrogens (tertiary/aromatic N) is 1. The fourth-order valence-electron chi connectivity index (χ4n) is 1.98. The number of aliphatic imine (C=N–C) groups is 1. The topological polar surface area (TPSA) is 255 Å². The Morgan fingerprint density at radius 2 is 1.48 bits per heavy atom. The lowest BCUT2D eigenvalue weighted by Gasteiger charge is -2.23. The van der Waals surface area contributed by atoms with Crippen molar-refractivity contribution in [1.82, 2.24) is 16.0 Å². The molecule has 0 aromatic heterocycles. The highest BCUT2D eigenvalue weighted by Gasteiger charge is 2.28. The number of hydrogen-bond donors (Lipinski definition) is 9. The van der Waals surface area contributed by atoms with Gasteiger partial charge in [0.2, 0.25) is 17.7 Å². The summed E-state index contributed by atoms with van der Waals surface area (Å²) in [5.74, 6) is -4.01. The fraction of sp³-hybridized carbons (Fsp3) is 0.667. The number of carboxylic acids is 1. The number of carboxylic acid groups (broad SMARTS) is 1. The predicted octanol–water partition coefficient (Wildman–Crippen LogP) is -5.09. The molecule has 14 nitrogen and oxygen atoms in total. The molecule has 0 aromatic carbocycles. The molecule has 0 saturated heterocycles. The highest BCUT2D eigenvalue weighted by atomic mass is 16.4. The lowest BCUT2D eigenvalue weighted by atomic mass is 10.1. The molecule has 0 aliphatic carbocycles. The Labute approximate surface area is 166 Å². The summed E-state index contributed by atoms with van der Waals surface area (Å²) in [5, 5.41) is 33.8. The third-order valence-corrected chi connectivity index (χ3v) is 3.66. The van der Waals surface area contributed by atoms with E-state index in [1.54, 1.807) is 0 Å². The molecule has 29 heavy (non-hydrogen) atoms. The zero-order valence-corrected chi connectivity index (χ0v) is 16.0. The number of carbonyl (C=O) groups is 4. The van der Waals surface area contributed by atoms with Crippen LogP contribution in [0.3, 0.4) is 0 Å². The van der Waals surface area contributed by atoms with Crippen molar-refractivity contribution in [3.8, 4) is 0 Å². The van der Waals surface area contributed by atoms with Crippen LogP contribution in [0.2, 0.25) is 0 Å². The van der Waals surface area contributed by atoms with Crippen molar-refractivity contribution in [2.75, 3.05) is 19.8 Å². The number of nitrogens with one attached hydrogen (secondary N) is 3. The number of aliphatic hydroxyl groups excluding tert-OH is 2. The van der Waals surface area contributed by atoms with Gasteiger partial charge < -0.3 is 48.5 Å². The van der Waals surface area contributed by atoms with Crippen molar-refractivity contribution < 1.29 is 34.5 Å². The second-order valence-electron chi connectivity index (χ2n) is 6.11. The molecule has 0 spiro atoms. The molecule has 0 bridgehead atoms. The number of amides is 3. The van der Waals surface area contributed by atoms with Crippen LogP contribution in [0, 0.1) is 0 Å². The van der Waals surface area contributed by atoms with Gasteiger partial charge in [-0.25, -0.2) is 0 Å². The number of guanidine groups is 1. The molecule has 0 heterocycles. The van der Waals surface area contributed by atoms with E-state index in [-0.39, 0.29) is 25.3 Å². The lowest BCUT2D eigenvalue weighted by Crippen LogP contribution is -2.58. The first-order chi connectivity index (χ1) is 13.5. The Morgan fingerprint density at radius 1 is 0.931 bits per heavy atom. The minimum Gasteiger partial charge on any atom is -0.480 e. The molecule has 12 N–H and O–H groups in total. The van der Waals surface area contributed by atoms with Crippen molar-refractivity contribution in [3.63, 3.8) is 0 Å². The van der Waals surface area contributed by atoms with Crippen LogP contribution in [-0.2, 0) is 19.2 Å². The normalized spacial score (nSPS) is 14.6. The molecule has 4 unspecified atom stereocenters. The van der Waals surface area contributed by atoms with Crippen molar-refractivity contribution in [1.29, 1.82) is 0 Å². The number of nitrogens with two attached hydrogens (primary N) is 3. The van der Waals surface area contributed by atoms with E-state index in [1.165, 1.54) is 6.92 Å². The second-order valence-corrected chi connectivity index (χ2v) is 6.11. The zero-order valence-electron chi connectivity index (χ0n) is 16.0. The van der Waals surface area contributed by atoms with Crippen molar-refractivity contribution in [2.45, 2.75) is 43.9 Å². The molecule has 4 atom stereocenters. The second kappa shape index (κ2) is 13.2. The van der Waals surface area contributed by atoms with Gasteiger partial charge in [-0.05, 0) is 19.8 Å². The SMILES string of the molecule is CC(NC(=O)C(CO)NC(=O)C(CCCN=C(N)N)NC(=O)C(N)CO)C(=O)O. The summed E-state index contributed by atoms with van der Waals surface area (Å²) < 4.78 is 0. The van der Waals surface area contributed by atoms with Crippen LogP contribution in [0.4, 0.5) is 0 Å². The molecule has 14 heteroatoms. The smallest absolute Gasteiger partial charge is 0.325 e. The summed E-state index contributed by atoms with van der Waals surface area (Å²) >= 11 is 0. The molecule has 0 fully saturated rings. The van der Waals surface area contributed by atoms with Gasteiger partial charge in [0.1, 0.15) is 24.2 Å². The van der Waals surface area contributed by atoms with Crippen LogP contribution in [0.25, 0.3) is 0 Å². The maximum atomic E-state index is 12.5. The maximum absolute atomic E-state index is 12.5. The van der Waals surface area contributed by atoms with E-state index in [1.807, 2.05) is 0 Å². The first kappa shape index (κ1) is 26.0. The van der Waals surface area contributed by atoms with E-state index in [4.69, 9.17) is 27.4 Å². The third-order valence-electron chi connectivity index (χ3n) is 3.66. The van der Waals surface area contributed by atoms with E-state index < -0.39 is 61.1 Å². The minimum atomic E-state index is -1.45. The number of hydrogen-bond acceptors (Lipinski definition) is 8. The molecule has 0 aliphatic rings. The van der Waals surface area contributed by atoms with Crippen molar-refractivity contribution in [3.05, 3.63) is 0 Å². The molecule has 166 valence electrons.